The summed E-state index contributed by atoms with van der Waals surface area (Å²) in [6.45, 7) is 4.78. The van der Waals surface area contributed by atoms with Crippen LogP contribution in [0.5, 0.6) is 0 Å². The third-order valence-electron chi connectivity index (χ3n) is 5.60. The Morgan fingerprint density at radius 3 is 2.75 bits per heavy atom. The van der Waals surface area contributed by atoms with Gasteiger partial charge in [0.15, 0.2) is 0 Å². The number of fused-ring (bicyclic) bond motifs is 3. The average Bonchev–Trinajstić information content (AvgIpc) is 3.16. The summed E-state index contributed by atoms with van der Waals surface area (Å²) in [5.74, 6) is 2.91. The van der Waals surface area contributed by atoms with Gasteiger partial charge in [-0.15, -0.1) is 0 Å². The number of aromatic amines is 1. The molecule has 2 N–H and O–H groups in total. The third kappa shape index (κ3) is 1.39. The van der Waals surface area contributed by atoms with Gasteiger partial charge in [0.2, 0.25) is 0 Å². The zero-order chi connectivity index (χ0) is 13.1. The standard InChI is InChI=1S/C17H21N3/c1-2-13(12-4-7-18-10-12)16-14(3-1)15-11-5-8-20(9-6-11)17(15)19-16/h1-3,11-12,18-19H,4-10H2. The van der Waals surface area contributed by atoms with E-state index in [4.69, 9.17) is 0 Å². The Bertz CT molecular complexity index is 658. The normalized spacial score (nSPS) is 25.6. The van der Waals surface area contributed by atoms with Gasteiger partial charge in [0, 0.05) is 30.6 Å². The number of hydrogen-bond donors (Lipinski definition) is 2. The van der Waals surface area contributed by atoms with Gasteiger partial charge in [-0.25, -0.2) is 0 Å². The van der Waals surface area contributed by atoms with Crippen LogP contribution < -0.4 is 10.2 Å². The van der Waals surface area contributed by atoms with Crippen LogP contribution >= 0.6 is 0 Å². The molecule has 0 amide bonds. The Hall–Kier alpha value is -1.48. The second-order valence-electron chi connectivity index (χ2n) is 6.61. The molecule has 2 aromatic rings. The highest BCUT2D eigenvalue weighted by molar-refractivity contribution is 5.93. The number of nitrogens with one attached hydrogen (secondary N) is 2. The molecule has 0 saturated carbocycles. The lowest BCUT2D eigenvalue weighted by Gasteiger charge is -2.40. The largest absolute Gasteiger partial charge is 0.358 e. The van der Waals surface area contributed by atoms with E-state index in [-0.39, 0.29) is 0 Å². The Labute approximate surface area is 119 Å². The molecular weight excluding hydrogens is 246 g/mol. The zero-order valence-corrected chi connectivity index (χ0v) is 11.8. The van der Waals surface area contributed by atoms with E-state index in [1.807, 2.05) is 0 Å². The molecule has 2 bridgehead atoms. The van der Waals surface area contributed by atoms with Crippen LogP contribution in [0.25, 0.3) is 10.9 Å². The second-order valence-corrected chi connectivity index (χ2v) is 6.61. The molecule has 2 saturated heterocycles. The lowest BCUT2D eigenvalue weighted by Crippen LogP contribution is -2.38. The molecule has 2 fully saturated rings. The number of nitrogens with zero attached hydrogens (tertiary/aromatic N) is 1. The van der Waals surface area contributed by atoms with Crippen molar-refractivity contribution in [1.82, 2.24) is 10.3 Å². The van der Waals surface area contributed by atoms with E-state index in [9.17, 15) is 0 Å². The first-order valence-electron chi connectivity index (χ1n) is 8.02. The van der Waals surface area contributed by atoms with Crippen molar-refractivity contribution in [3.63, 3.8) is 0 Å². The van der Waals surface area contributed by atoms with Crippen LogP contribution in [0.4, 0.5) is 5.82 Å². The first-order valence-corrected chi connectivity index (χ1v) is 8.02. The molecule has 4 aliphatic rings. The maximum absolute atomic E-state index is 3.79. The van der Waals surface area contributed by atoms with Crippen LogP contribution in [-0.4, -0.2) is 31.2 Å². The third-order valence-corrected chi connectivity index (χ3v) is 5.60. The Morgan fingerprint density at radius 1 is 1.05 bits per heavy atom. The van der Waals surface area contributed by atoms with Crippen molar-refractivity contribution in [3.05, 3.63) is 29.3 Å². The molecule has 0 aliphatic carbocycles. The van der Waals surface area contributed by atoms with E-state index in [0.29, 0.717) is 5.92 Å². The van der Waals surface area contributed by atoms with Crippen LogP contribution in [0.2, 0.25) is 0 Å². The molecule has 104 valence electrons. The van der Waals surface area contributed by atoms with Gasteiger partial charge < -0.3 is 15.2 Å². The predicted octanol–water partition coefficient (Wildman–Crippen LogP) is 2.94. The van der Waals surface area contributed by atoms with Gasteiger partial charge in [0.25, 0.3) is 0 Å². The molecule has 1 unspecified atom stereocenters. The van der Waals surface area contributed by atoms with Gasteiger partial charge in [-0.05, 0) is 43.2 Å². The monoisotopic (exact) mass is 267 g/mol. The van der Waals surface area contributed by atoms with Gasteiger partial charge in [0.1, 0.15) is 5.82 Å². The minimum absolute atomic E-state index is 0.687. The quantitative estimate of drug-likeness (QED) is 0.832. The van der Waals surface area contributed by atoms with E-state index in [1.54, 1.807) is 5.56 Å². The maximum atomic E-state index is 3.79. The van der Waals surface area contributed by atoms with Crippen molar-refractivity contribution in [3.8, 4) is 0 Å². The van der Waals surface area contributed by atoms with Crippen molar-refractivity contribution in [2.45, 2.75) is 31.1 Å². The van der Waals surface area contributed by atoms with Gasteiger partial charge >= 0.3 is 0 Å². The van der Waals surface area contributed by atoms with Crippen molar-refractivity contribution >= 4 is 16.7 Å². The minimum Gasteiger partial charge on any atom is -0.358 e. The number of anilines is 1. The molecule has 3 nitrogen and oxygen atoms in total. The molecule has 1 atom stereocenters. The zero-order valence-electron chi connectivity index (χ0n) is 11.8. The number of piperidine rings is 1. The van der Waals surface area contributed by atoms with E-state index in [1.165, 1.54) is 54.6 Å². The Kier molecular flexibility index (Phi) is 2.25. The highest BCUT2D eigenvalue weighted by atomic mass is 15.2. The van der Waals surface area contributed by atoms with Crippen LogP contribution in [0.1, 0.15) is 42.2 Å². The summed E-state index contributed by atoms with van der Waals surface area (Å²) in [6, 6.07) is 6.93. The minimum atomic E-state index is 0.687. The fourth-order valence-corrected chi connectivity index (χ4v) is 4.56. The van der Waals surface area contributed by atoms with Crippen LogP contribution in [0.3, 0.4) is 0 Å². The van der Waals surface area contributed by atoms with E-state index < -0.39 is 0 Å². The first kappa shape index (κ1) is 11.2. The van der Waals surface area contributed by atoms with Crippen molar-refractivity contribution in [1.29, 1.82) is 0 Å². The fourth-order valence-electron chi connectivity index (χ4n) is 4.56. The lowest BCUT2D eigenvalue weighted by atomic mass is 9.84. The van der Waals surface area contributed by atoms with Gasteiger partial charge in [-0.1, -0.05) is 18.2 Å². The lowest BCUT2D eigenvalue weighted by molar-refractivity contribution is 0.475. The first-order chi connectivity index (χ1) is 9.92. The summed E-state index contributed by atoms with van der Waals surface area (Å²) in [4.78, 5) is 6.35. The van der Waals surface area contributed by atoms with E-state index >= 15 is 0 Å². The molecule has 1 aromatic heterocycles. The molecule has 1 aromatic carbocycles. The fraction of sp³-hybridized carbons (Fsp3) is 0.529. The SMILES string of the molecule is c1cc(C2CCNC2)c2[nH]c3c(c2c1)C1CCN3CC1. The van der Waals surface area contributed by atoms with Crippen molar-refractivity contribution in [2.24, 2.45) is 0 Å². The summed E-state index contributed by atoms with van der Waals surface area (Å²) in [7, 11) is 0. The number of para-hydroxylation sites is 1. The summed E-state index contributed by atoms with van der Waals surface area (Å²) < 4.78 is 0. The molecule has 3 heteroatoms. The van der Waals surface area contributed by atoms with Crippen LogP contribution in [0, 0.1) is 0 Å². The molecule has 0 radical (unpaired) electrons. The molecule has 0 spiro atoms. The van der Waals surface area contributed by atoms with Crippen molar-refractivity contribution < 1.29 is 0 Å². The number of aromatic nitrogens is 1. The summed E-state index contributed by atoms with van der Waals surface area (Å²) in [6.07, 6.45) is 3.96. The summed E-state index contributed by atoms with van der Waals surface area (Å²) >= 11 is 0. The highest BCUT2D eigenvalue weighted by Gasteiger charge is 2.34. The smallest absolute Gasteiger partial charge is 0.110 e. The maximum Gasteiger partial charge on any atom is 0.110 e. The molecular formula is C17H21N3. The summed E-state index contributed by atoms with van der Waals surface area (Å²) in [5, 5.41) is 5.00. The topological polar surface area (TPSA) is 31.1 Å². The van der Waals surface area contributed by atoms with E-state index in [0.717, 1.165) is 19.0 Å². The highest BCUT2D eigenvalue weighted by Crippen LogP contribution is 2.47. The molecule has 20 heavy (non-hydrogen) atoms. The van der Waals surface area contributed by atoms with Gasteiger partial charge in [-0.3, -0.25) is 0 Å². The average molecular weight is 267 g/mol. The molecule has 5 heterocycles. The molecule has 6 rings (SSSR count). The van der Waals surface area contributed by atoms with Crippen LogP contribution in [0.15, 0.2) is 18.2 Å². The van der Waals surface area contributed by atoms with E-state index in [2.05, 4.69) is 33.4 Å². The number of hydrogen-bond acceptors (Lipinski definition) is 2. The second kappa shape index (κ2) is 4.01. The number of H-pyrrole nitrogens is 1. The molecule has 4 aliphatic heterocycles. The van der Waals surface area contributed by atoms with Gasteiger partial charge in [0.05, 0.1) is 5.52 Å². The Balaban J connectivity index is 1.75. The number of benzene rings is 1. The van der Waals surface area contributed by atoms with Crippen LogP contribution in [-0.2, 0) is 0 Å². The number of rotatable bonds is 1. The Morgan fingerprint density at radius 2 is 1.95 bits per heavy atom. The van der Waals surface area contributed by atoms with Crippen molar-refractivity contribution in [2.75, 3.05) is 31.1 Å². The summed E-state index contributed by atoms with van der Waals surface area (Å²) in [5.41, 5.74) is 4.57. The van der Waals surface area contributed by atoms with Gasteiger partial charge in [-0.2, -0.15) is 0 Å². The predicted molar refractivity (Wildman–Crippen MR) is 82.7 cm³/mol.